The first kappa shape index (κ1) is 19.9. The van der Waals surface area contributed by atoms with Gasteiger partial charge in [0.2, 0.25) is 0 Å². The Hall–Kier alpha value is -4.03. The number of aromatic nitrogens is 2. The summed E-state index contributed by atoms with van der Waals surface area (Å²) in [5, 5.41) is 22.2. The molecule has 0 spiro atoms. The Morgan fingerprint density at radius 1 is 0.969 bits per heavy atom. The standard InChI is InChI=1S/C26H20FN3O2/c27-22-14-20(26(32)28-23(15-31)17-7-2-1-3-8-17)13-21-24(29-30-25(21)22)19-11-10-16-6-4-5-9-18(16)12-19/h1-14,23,31H,15H2,(H,28,32)(H,29,30). The number of carbonyl (C=O) groups is 1. The molecular formula is C26H20FN3O2. The molecule has 4 aromatic carbocycles. The quantitative estimate of drug-likeness (QED) is 0.371. The van der Waals surface area contributed by atoms with Crippen molar-refractivity contribution in [1.82, 2.24) is 15.5 Å². The van der Waals surface area contributed by atoms with E-state index in [1.165, 1.54) is 6.07 Å². The van der Waals surface area contributed by atoms with Crippen LogP contribution in [0.3, 0.4) is 0 Å². The third kappa shape index (κ3) is 3.61. The van der Waals surface area contributed by atoms with Gasteiger partial charge in [-0.15, -0.1) is 0 Å². The number of aliphatic hydroxyl groups excluding tert-OH is 1. The second-order valence-corrected chi connectivity index (χ2v) is 7.63. The van der Waals surface area contributed by atoms with Gasteiger partial charge in [0.15, 0.2) is 5.82 Å². The summed E-state index contributed by atoms with van der Waals surface area (Å²) < 4.78 is 14.8. The number of aromatic amines is 1. The minimum absolute atomic E-state index is 0.160. The van der Waals surface area contributed by atoms with E-state index < -0.39 is 17.8 Å². The van der Waals surface area contributed by atoms with Gasteiger partial charge in [-0.2, -0.15) is 5.10 Å². The maximum Gasteiger partial charge on any atom is 0.251 e. The van der Waals surface area contributed by atoms with Crippen molar-refractivity contribution in [2.24, 2.45) is 0 Å². The van der Waals surface area contributed by atoms with Crippen molar-refractivity contribution in [2.75, 3.05) is 6.61 Å². The number of nitrogens with zero attached hydrogens (tertiary/aromatic N) is 1. The lowest BCUT2D eigenvalue weighted by atomic mass is 10.0. The number of fused-ring (bicyclic) bond motifs is 2. The summed E-state index contributed by atoms with van der Waals surface area (Å²) >= 11 is 0. The van der Waals surface area contributed by atoms with Crippen molar-refractivity contribution in [2.45, 2.75) is 6.04 Å². The Bertz CT molecular complexity index is 1430. The molecule has 1 amide bonds. The van der Waals surface area contributed by atoms with E-state index in [-0.39, 0.29) is 17.7 Å². The van der Waals surface area contributed by atoms with E-state index in [4.69, 9.17) is 0 Å². The van der Waals surface area contributed by atoms with E-state index in [2.05, 4.69) is 15.5 Å². The number of hydrogen-bond acceptors (Lipinski definition) is 3. The molecule has 0 saturated heterocycles. The van der Waals surface area contributed by atoms with Crippen LogP contribution in [0.5, 0.6) is 0 Å². The molecule has 5 nitrogen and oxygen atoms in total. The predicted octanol–water partition coefficient (Wildman–Crippen LogP) is 4.99. The van der Waals surface area contributed by atoms with Gasteiger partial charge in [0.05, 0.1) is 18.3 Å². The average molecular weight is 425 g/mol. The number of carbonyl (C=O) groups excluding carboxylic acids is 1. The lowest BCUT2D eigenvalue weighted by Gasteiger charge is -2.17. The van der Waals surface area contributed by atoms with Crippen LogP contribution in [0.1, 0.15) is 22.0 Å². The van der Waals surface area contributed by atoms with Crippen molar-refractivity contribution in [1.29, 1.82) is 0 Å². The second kappa shape index (κ2) is 8.24. The fourth-order valence-electron chi connectivity index (χ4n) is 3.93. The van der Waals surface area contributed by atoms with E-state index in [1.807, 2.05) is 72.8 Å². The summed E-state index contributed by atoms with van der Waals surface area (Å²) in [5.41, 5.74) is 2.59. The fourth-order valence-corrected chi connectivity index (χ4v) is 3.93. The van der Waals surface area contributed by atoms with E-state index in [1.54, 1.807) is 6.07 Å². The van der Waals surface area contributed by atoms with Crippen molar-refractivity contribution >= 4 is 27.6 Å². The number of aliphatic hydroxyl groups is 1. The number of H-pyrrole nitrogens is 1. The van der Waals surface area contributed by atoms with Crippen LogP contribution < -0.4 is 5.32 Å². The molecule has 158 valence electrons. The predicted molar refractivity (Wildman–Crippen MR) is 123 cm³/mol. The van der Waals surface area contributed by atoms with Crippen LogP contribution in [0.2, 0.25) is 0 Å². The third-order valence-corrected chi connectivity index (χ3v) is 5.60. The topological polar surface area (TPSA) is 78.0 Å². The molecule has 32 heavy (non-hydrogen) atoms. The Balaban J connectivity index is 1.53. The first-order chi connectivity index (χ1) is 15.6. The third-order valence-electron chi connectivity index (χ3n) is 5.60. The fraction of sp³-hybridized carbons (Fsp3) is 0.0769. The van der Waals surface area contributed by atoms with Gasteiger partial charge < -0.3 is 10.4 Å². The highest BCUT2D eigenvalue weighted by atomic mass is 19.1. The number of halogens is 1. The molecule has 1 unspecified atom stereocenters. The van der Waals surface area contributed by atoms with Gasteiger partial charge in [0, 0.05) is 16.5 Å². The molecule has 0 aliphatic rings. The van der Waals surface area contributed by atoms with E-state index >= 15 is 0 Å². The van der Waals surface area contributed by atoms with Gasteiger partial charge in [-0.1, -0.05) is 66.7 Å². The zero-order valence-electron chi connectivity index (χ0n) is 17.0. The van der Waals surface area contributed by atoms with Crippen LogP contribution in [0, 0.1) is 5.82 Å². The number of benzene rings is 4. The highest BCUT2D eigenvalue weighted by Crippen LogP contribution is 2.31. The summed E-state index contributed by atoms with van der Waals surface area (Å²) in [4.78, 5) is 12.9. The minimum Gasteiger partial charge on any atom is -0.394 e. The molecule has 3 N–H and O–H groups in total. The van der Waals surface area contributed by atoms with Crippen LogP contribution in [-0.4, -0.2) is 27.8 Å². The van der Waals surface area contributed by atoms with Crippen molar-refractivity contribution in [3.63, 3.8) is 0 Å². The maximum atomic E-state index is 14.8. The largest absolute Gasteiger partial charge is 0.394 e. The van der Waals surface area contributed by atoms with Gasteiger partial charge in [0.1, 0.15) is 5.52 Å². The Kier molecular flexibility index (Phi) is 5.13. The van der Waals surface area contributed by atoms with Crippen molar-refractivity contribution in [3.05, 3.63) is 102 Å². The van der Waals surface area contributed by atoms with Crippen LogP contribution in [0.4, 0.5) is 4.39 Å². The van der Waals surface area contributed by atoms with Crippen LogP contribution in [0.25, 0.3) is 32.9 Å². The van der Waals surface area contributed by atoms with Crippen LogP contribution in [0.15, 0.2) is 84.9 Å². The highest BCUT2D eigenvalue weighted by molar-refractivity contribution is 6.02. The molecule has 0 bridgehead atoms. The molecule has 1 aromatic heterocycles. The molecule has 5 aromatic rings. The summed E-state index contributed by atoms with van der Waals surface area (Å²) in [5.74, 6) is -1.06. The molecule has 0 fully saturated rings. The SMILES string of the molecule is O=C(NC(CO)c1ccccc1)c1cc(F)c2n[nH]c(-c3ccc4ccccc4c3)c2c1. The van der Waals surface area contributed by atoms with Gasteiger partial charge >= 0.3 is 0 Å². The molecule has 0 aliphatic heterocycles. The monoisotopic (exact) mass is 425 g/mol. The zero-order valence-corrected chi connectivity index (χ0v) is 17.0. The summed E-state index contributed by atoms with van der Waals surface area (Å²) in [6.45, 7) is -0.269. The van der Waals surface area contributed by atoms with Crippen molar-refractivity contribution in [3.8, 4) is 11.3 Å². The maximum absolute atomic E-state index is 14.8. The van der Waals surface area contributed by atoms with E-state index in [0.717, 1.165) is 21.9 Å². The van der Waals surface area contributed by atoms with Crippen LogP contribution >= 0.6 is 0 Å². The van der Waals surface area contributed by atoms with Gasteiger partial charge in [-0.25, -0.2) is 4.39 Å². The molecule has 1 atom stereocenters. The first-order valence-electron chi connectivity index (χ1n) is 10.3. The van der Waals surface area contributed by atoms with Gasteiger partial charge in [-0.05, 0) is 34.5 Å². The first-order valence-corrected chi connectivity index (χ1v) is 10.3. The Morgan fingerprint density at radius 3 is 2.50 bits per heavy atom. The lowest BCUT2D eigenvalue weighted by Crippen LogP contribution is -2.30. The smallest absolute Gasteiger partial charge is 0.251 e. The van der Waals surface area contributed by atoms with Gasteiger partial charge in [-0.3, -0.25) is 9.89 Å². The number of amides is 1. The summed E-state index contributed by atoms with van der Waals surface area (Å²) in [6.07, 6.45) is 0. The molecule has 6 heteroatoms. The summed E-state index contributed by atoms with van der Waals surface area (Å²) in [7, 11) is 0. The van der Waals surface area contributed by atoms with E-state index in [9.17, 15) is 14.3 Å². The molecule has 0 aliphatic carbocycles. The van der Waals surface area contributed by atoms with E-state index in [0.29, 0.717) is 11.1 Å². The molecule has 0 radical (unpaired) electrons. The Morgan fingerprint density at radius 2 is 1.72 bits per heavy atom. The van der Waals surface area contributed by atoms with Crippen molar-refractivity contribution < 1.29 is 14.3 Å². The minimum atomic E-state index is -0.591. The Labute approximate surface area is 183 Å². The number of nitrogens with one attached hydrogen (secondary N) is 2. The average Bonchev–Trinajstić information content (AvgIpc) is 3.27. The lowest BCUT2D eigenvalue weighted by molar-refractivity contribution is 0.0916. The van der Waals surface area contributed by atoms with Crippen LogP contribution in [-0.2, 0) is 0 Å². The normalized spacial score (nSPS) is 12.2. The molecule has 0 saturated carbocycles. The highest BCUT2D eigenvalue weighted by Gasteiger charge is 2.19. The zero-order chi connectivity index (χ0) is 22.1. The molecule has 5 rings (SSSR count). The second-order valence-electron chi connectivity index (χ2n) is 7.63. The number of hydrogen-bond donors (Lipinski definition) is 3. The molecule has 1 heterocycles. The summed E-state index contributed by atoms with van der Waals surface area (Å²) in [6, 6.07) is 25.3. The molecular weight excluding hydrogens is 405 g/mol. The number of rotatable bonds is 5. The van der Waals surface area contributed by atoms with Gasteiger partial charge in [0.25, 0.3) is 5.91 Å².